The summed E-state index contributed by atoms with van der Waals surface area (Å²) in [4.78, 5) is 15.4. The number of hydrogen-bond acceptors (Lipinski definition) is 3. The van der Waals surface area contributed by atoms with E-state index in [1.54, 1.807) is 0 Å². The van der Waals surface area contributed by atoms with Gasteiger partial charge < -0.3 is 15.5 Å². The van der Waals surface area contributed by atoms with Crippen molar-refractivity contribution >= 4 is 16.9 Å². The summed E-state index contributed by atoms with van der Waals surface area (Å²) in [5.41, 5.74) is 7.53. The van der Waals surface area contributed by atoms with E-state index < -0.39 is 5.60 Å². The van der Waals surface area contributed by atoms with Crippen molar-refractivity contribution in [2.24, 2.45) is 5.73 Å². The molecular formula is C15H20N2O2. The lowest BCUT2D eigenvalue weighted by Crippen LogP contribution is -2.25. The van der Waals surface area contributed by atoms with Gasteiger partial charge in [-0.05, 0) is 45.4 Å². The lowest BCUT2D eigenvalue weighted by Gasteiger charge is -2.19. The fraction of sp³-hybridized carbons (Fsp3) is 0.400. The Hall–Kier alpha value is -1.81. The van der Waals surface area contributed by atoms with Crippen LogP contribution in [0.15, 0.2) is 24.3 Å². The first-order valence-corrected chi connectivity index (χ1v) is 6.45. The maximum absolute atomic E-state index is 12.2. The summed E-state index contributed by atoms with van der Waals surface area (Å²) in [7, 11) is 0. The van der Waals surface area contributed by atoms with Crippen LogP contribution in [-0.4, -0.2) is 23.1 Å². The molecule has 3 N–H and O–H groups in total. The maximum atomic E-state index is 12.2. The number of H-pyrrole nitrogens is 1. The van der Waals surface area contributed by atoms with Gasteiger partial charge in [0.15, 0.2) is 0 Å². The number of benzene rings is 1. The number of fused-ring (bicyclic) bond motifs is 1. The molecule has 0 saturated carbocycles. The molecule has 0 aliphatic carbocycles. The number of aromatic amines is 1. The molecule has 102 valence electrons. The number of carbonyl (C=O) groups excluding carboxylic acids is 1. The molecule has 0 amide bonds. The van der Waals surface area contributed by atoms with Crippen molar-refractivity contribution in [2.45, 2.75) is 32.8 Å². The smallest absolute Gasteiger partial charge is 0.355 e. The first-order valence-electron chi connectivity index (χ1n) is 6.45. The van der Waals surface area contributed by atoms with Gasteiger partial charge in [0, 0.05) is 10.9 Å². The Morgan fingerprint density at radius 3 is 2.63 bits per heavy atom. The van der Waals surface area contributed by atoms with Gasteiger partial charge in [0.05, 0.1) is 0 Å². The van der Waals surface area contributed by atoms with E-state index in [0.717, 1.165) is 16.5 Å². The summed E-state index contributed by atoms with van der Waals surface area (Å²) in [6.07, 6.45) is 0.651. The van der Waals surface area contributed by atoms with Crippen molar-refractivity contribution in [3.8, 4) is 0 Å². The quantitative estimate of drug-likeness (QED) is 0.833. The summed E-state index contributed by atoms with van der Waals surface area (Å²) in [5.74, 6) is -0.327. The van der Waals surface area contributed by atoms with Crippen LogP contribution < -0.4 is 5.73 Å². The highest BCUT2D eigenvalue weighted by molar-refractivity contribution is 5.98. The predicted molar refractivity (Wildman–Crippen MR) is 76.2 cm³/mol. The Kier molecular flexibility index (Phi) is 3.62. The van der Waals surface area contributed by atoms with Crippen LogP contribution in [0.1, 0.15) is 36.8 Å². The number of nitrogens with two attached hydrogens (primary N) is 1. The lowest BCUT2D eigenvalue weighted by atomic mass is 10.1. The minimum Gasteiger partial charge on any atom is -0.455 e. The average Bonchev–Trinajstić information content (AvgIpc) is 2.67. The first kappa shape index (κ1) is 13.6. The molecule has 4 nitrogen and oxygen atoms in total. The number of nitrogens with one attached hydrogen (secondary N) is 1. The average molecular weight is 260 g/mol. The molecule has 1 heterocycles. The van der Waals surface area contributed by atoms with Gasteiger partial charge in [-0.25, -0.2) is 4.79 Å². The SMILES string of the molecule is CC(C)(C)OC(=O)c1[nH]c2ccccc2c1CCN. The van der Waals surface area contributed by atoms with Gasteiger partial charge in [0.1, 0.15) is 11.3 Å². The molecular weight excluding hydrogens is 240 g/mol. The molecule has 0 aliphatic rings. The van der Waals surface area contributed by atoms with E-state index in [1.807, 2.05) is 45.0 Å². The third-order valence-corrected chi connectivity index (χ3v) is 2.81. The molecule has 0 spiro atoms. The Labute approximate surface area is 112 Å². The molecule has 0 fully saturated rings. The fourth-order valence-corrected chi connectivity index (χ4v) is 2.11. The number of rotatable bonds is 3. The third kappa shape index (κ3) is 2.96. The fourth-order valence-electron chi connectivity index (χ4n) is 2.11. The van der Waals surface area contributed by atoms with Gasteiger partial charge in [-0.3, -0.25) is 0 Å². The van der Waals surface area contributed by atoms with Gasteiger partial charge >= 0.3 is 5.97 Å². The maximum Gasteiger partial charge on any atom is 0.355 e. The van der Waals surface area contributed by atoms with E-state index in [9.17, 15) is 4.79 Å². The van der Waals surface area contributed by atoms with Crippen molar-refractivity contribution in [2.75, 3.05) is 6.54 Å². The zero-order valence-corrected chi connectivity index (χ0v) is 11.6. The predicted octanol–water partition coefficient (Wildman–Crippen LogP) is 2.62. The molecule has 0 aliphatic heterocycles. The topological polar surface area (TPSA) is 68.1 Å². The Bertz CT molecular complexity index is 594. The van der Waals surface area contributed by atoms with Crippen molar-refractivity contribution in [1.82, 2.24) is 4.98 Å². The first-order chi connectivity index (χ1) is 8.92. The number of ether oxygens (including phenoxy) is 1. The molecule has 2 rings (SSSR count). The molecule has 1 aromatic carbocycles. The normalized spacial score (nSPS) is 11.8. The van der Waals surface area contributed by atoms with Crippen molar-refractivity contribution < 1.29 is 9.53 Å². The molecule has 0 bridgehead atoms. The number of carbonyl (C=O) groups is 1. The van der Waals surface area contributed by atoms with Crippen LogP contribution in [0.2, 0.25) is 0 Å². The summed E-state index contributed by atoms with van der Waals surface area (Å²) >= 11 is 0. The van der Waals surface area contributed by atoms with Gasteiger partial charge in [-0.2, -0.15) is 0 Å². The molecule has 0 radical (unpaired) electrons. The highest BCUT2D eigenvalue weighted by Crippen LogP contribution is 2.24. The van der Waals surface area contributed by atoms with Crippen LogP contribution in [0.4, 0.5) is 0 Å². The van der Waals surface area contributed by atoms with E-state index in [-0.39, 0.29) is 5.97 Å². The van der Waals surface area contributed by atoms with Crippen LogP contribution in [-0.2, 0) is 11.2 Å². The zero-order chi connectivity index (χ0) is 14.0. The second kappa shape index (κ2) is 5.05. The summed E-state index contributed by atoms with van der Waals surface area (Å²) in [5, 5.41) is 1.04. The molecule has 19 heavy (non-hydrogen) atoms. The monoisotopic (exact) mass is 260 g/mol. The minimum absolute atomic E-state index is 0.327. The summed E-state index contributed by atoms with van der Waals surface area (Å²) in [6, 6.07) is 7.83. The highest BCUT2D eigenvalue weighted by Gasteiger charge is 2.23. The van der Waals surface area contributed by atoms with Crippen LogP contribution in [0.3, 0.4) is 0 Å². The minimum atomic E-state index is -0.506. The van der Waals surface area contributed by atoms with Crippen LogP contribution >= 0.6 is 0 Å². The van der Waals surface area contributed by atoms with E-state index in [1.165, 1.54) is 0 Å². The van der Waals surface area contributed by atoms with Crippen LogP contribution in [0.25, 0.3) is 10.9 Å². The number of aromatic nitrogens is 1. The molecule has 1 aromatic heterocycles. The Morgan fingerprint density at radius 1 is 1.32 bits per heavy atom. The van der Waals surface area contributed by atoms with Gasteiger partial charge in [-0.1, -0.05) is 18.2 Å². The van der Waals surface area contributed by atoms with E-state index in [2.05, 4.69) is 4.98 Å². The number of para-hydroxylation sites is 1. The number of esters is 1. The number of hydrogen-bond donors (Lipinski definition) is 2. The third-order valence-electron chi connectivity index (χ3n) is 2.81. The van der Waals surface area contributed by atoms with Gasteiger partial charge in [-0.15, -0.1) is 0 Å². The van der Waals surface area contributed by atoms with Crippen LogP contribution in [0.5, 0.6) is 0 Å². The summed E-state index contributed by atoms with van der Waals surface area (Å²) in [6.45, 7) is 6.07. The van der Waals surface area contributed by atoms with Gasteiger partial charge in [0.2, 0.25) is 0 Å². The van der Waals surface area contributed by atoms with Crippen molar-refractivity contribution in [1.29, 1.82) is 0 Å². The van der Waals surface area contributed by atoms with Crippen molar-refractivity contribution in [3.05, 3.63) is 35.5 Å². The van der Waals surface area contributed by atoms with E-state index in [0.29, 0.717) is 18.7 Å². The molecule has 0 saturated heterocycles. The summed E-state index contributed by atoms with van der Waals surface area (Å²) < 4.78 is 5.43. The Balaban J connectivity index is 2.47. The molecule has 0 unspecified atom stereocenters. The van der Waals surface area contributed by atoms with Gasteiger partial charge in [0.25, 0.3) is 0 Å². The van der Waals surface area contributed by atoms with E-state index in [4.69, 9.17) is 10.5 Å². The van der Waals surface area contributed by atoms with Crippen LogP contribution in [0, 0.1) is 0 Å². The standard InChI is InChI=1S/C15H20N2O2/c1-15(2,3)19-14(18)13-11(8-9-16)10-6-4-5-7-12(10)17-13/h4-7,17H,8-9,16H2,1-3H3. The molecule has 0 atom stereocenters. The largest absolute Gasteiger partial charge is 0.455 e. The Morgan fingerprint density at radius 2 is 2.00 bits per heavy atom. The van der Waals surface area contributed by atoms with E-state index >= 15 is 0 Å². The molecule has 4 heteroatoms. The second-order valence-electron chi connectivity index (χ2n) is 5.56. The zero-order valence-electron chi connectivity index (χ0n) is 11.6. The molecule has 2 aromatic rings. The lowest BCUT2D eigenvalue weighted by molar-refractivity contribution is 0.00627. The van der Waals surface area contributed by atoms with Crippen molar-refractivity contribution in [3.63, 3.8) is 0 Å². The highest BCUT2D eigenvalue weighted by atomic mass is 16.6. The second-order valence-corrected chi connectivity index (χ2v) is 5.56.